The molecule has 0 aliphatic carbocycles. The first-order valence-corrected chi connectivity index (χ1v) is 7.44. The van der Waals surface area contributed by atoms with Crippen molar-refractivity contribution in [3.05, 3.63) is 22.7 Å². The third-order valence-corrected chi connectivity index (χ3v) is 3.61. The molecule has 0 aromatic heterocycles. The summed E-state index contributed by atoms with van der Waals surface area (Å²) in [5, 5.41) is 8.72. The highest BCUT2D eigenvalue weighted by atomic mass is 35.5. The Kier molecular flexibility index (Phi) is 5.35. The summed E-state index contributed by atoms with van der Waals surface area (Å²) in [7, 11) is -4.32. The molecule has 1 rings (SSSR count). The van der Waals surface area contributed by atoms with Crippen molar-refractivity contribution in [3.8, 4) is 0 Å². The van der Waals surface area contributed by atoms with Crippen molar-refractivity contribution >= 4 is 33.4 Å². The Bertz CT molecular complexity index is 594. The van der Waals surface area contributed by atoms with Gasteiger partial charge in [-0.15, -0.1) is 0 Å². The van der Waals surface area contributed by atoms with Gasteiger partial charge in [0, 0.05) is 6.04 Å². The molecule has 0 fully saturated rings. The van der Waals surface area contributed by atoms with E-state index in [1.165, 1.54) is 6.07 Å². The molecule has 1 aromatic rings. The first-order valence-electron chi connectivity index (χ1n) is 5.62. The first kappa shape index (κ1) is 16.7. The number of hydrogen-bond acceptors (Lipinski definition) is 5. The monoisotopic (exact) mass is 322 g/mol. The fraction of sp³-hybridized carbons (Fsp3) is 0.364. The lowest BCUT2D eigenvalue weighted by atomic mass is 10.2. The Balaban J connectivity index is 2.90. The summed E-state index contributed by atoms with van der Waals surface area (Å²) in [6.07, 6.45) is -0.0905. The predicted octanol–water partition coefficient (Wildman–Crippen LogP) is 1.67. The Morgan fingerprint density at radius 2 is 2.05 bits per heavy atom. The number of carbonyl (C=O) groups is 1. The highest BCUT2D eigenvalue weighted by Crippen LogP contribution is 2.28. The van der Waals surface area contributed by atoms with Crippen LogP contribution in [-0.4, -0.2) is 30.1 Å². The molecule has 7 nitrogen and oxygen atoms in total. The number of hydrazine groups is 1. The quantitative estimate of drug-likeness (QED) is 0.465. The summed E-state index contributed by atoms with van der Waals surface area (Å²) in [6.45, 7) is 3.27. The molecule has 1 atom stereocenters. The Morgan fingerprint density at radius 1 is 1.45 bits per heavy atom. The number of halogens is 1. The van der Waals surface area contributed by atoms with Gasteiger partial charge in [-0.25, -0.2) is 5.43 Å². The van der Waals surface area contributed by atoms with Crippen molar-refractivity contribution in [2.75, 3.05) is 5.43 Å². The summed E-state index contributed by atoms with van der Waals surface area (Å²) in [4.78, 5) is 10.2. The van der Waals surface area contributed by atoms with Gasteiger partial charge in [0.15, 0.2) is 0 Å². The average Bonchev–Trinajstić information content (AvgIpc) is 2.25. The third-order valence-electron chi connectivity index (χ3n) is 2.48. The van der Waals surface area contributed by atoms with Gasteiger partial charge < -0.3 is 10.5 Å². The molecule has 20 heavy (non-hydrogen) atoms. The standard InChI is InChI=1S/C11H15ClN2O5S/c1-6-3-8(20(17,18)19)5-9(12)11(6)14-13-7(2)4-10(15)16/h3,5,7,13-14H,4H2,1-2H3,(H,15,16)(H,17,18,19). The highest BCUT2D eigenvalue weighted by Gasteiger charge is 2.15. The third kappa shape index (κ3) is 4.64. The number of benzene rings is 1. The summed E-state index contributed by atoms with van der Waals surface area (Å²) in [5.41, 5.74) is 6.39. The van der Waals surface area contributed by atoms with Crippen LogP contribution in [0.2, 0.25) is 5.02 Å². The molecule has 0 spiro atoms. The lowest BCUT2D eigenvalue weighted by Gasteiger charge is -2.17. The van der Waals surface area contributed by atoms with Gasteiger partial charge in [0.2, 0.25) is 0 Å². The molecular weight excluding hydrogens is 308 g/mol. The van der Waals surface area contributed by atoms with E-state index in [0.717, 1.165) is 6.07 Å². The summed E-state index contributed by atoms with van der Waals surface area (Å²) < 4.78 is 31.0. The number of carboxylic acids is 1. The topological polar surface area (TPSA) is 116 Å². The number of rotatable bonds is 6. The van der Waals surface area contributed by atoms with Gasteiger partial charge in [0.05, 0.1) is 22.0 Å². The van der Waals surface area contributed by atoms with E-state index in [9.17, 15) is 13.2 Å². The van der Waals surface area contributed by atoms with Crippen molar-refractivity contribution in [2.24, 2.45) is 0 Å². The molecular formula is C11H15ClN2O5S. The first-order chi connectivity index (χ1) is 9.11. The molecule has 0 amide bonds. The summed E-state index contributed by atoms with van der Waals surface area (Å²) in [6, 6.07) is 2.01. The van der Waals surface area contributed by atoms with Gasteiger partial charge in [0.1, 0.15) is 0 Å². The molecule has 0 aliphatic heterocycles. The zero-order valence-electron chi connectivity index (χ0n) is 10.8. The smallest absolute Gasteiger partial charge is 0.304 e. The lowest BCUT2D eigenvalue weighted by Crippen LogP contribution is -2.33. The van der Waals surface area contributed by atoms with Crippen molar-refractivity contribution in [1.29, 1.82) is 0 Å². The van der Waals surface area contributed by atoms with E-state index in [2.05, 4.69) is 10.9 Å². The SMILES string of the molecule is Cc1cc(S(=O)(=O)O)cc(Cl)c1NNC(C)CC(=O)O. The predicted molar refractivity (Wildman–Crippen MR) is 74.5 cm³/mol. The molecule has 0 aliphatic rings. The lowest BCUT2D eigenvalue weighted by molar-refractivity contribution is -0.137. The van der Waals surface area contributed by atoms with Crippen LogP contribution >= 0.6 is 11.6 Å². The van der Waals surface area contributed by atoms with Crippen LogP contribution in [0.5, 0.6) is 0 Å². The van der Waals surface area contributed by atoms with Crippen LogP contribution in [0.15, 0.2) is 17.0 Å². The van der Waals surface area contributed by atoms with E-state index in [0.29, 0.717) is 11.3 Å². The molecule has 112 valence electrons. The zero-order valence-corrected chi connectivity index (χ0v) is 12.4. The number of aryl methyl sites for hydroxylation is 1. The molecule has 9 heteroatoms. The molecule has 4 N–H and O–H groups in total. The van der Waals surface area contributed by atoms with Crippen LogP contribution in [0, 0.1) is 6.92 Å². The van der Waals surface area contributed by atoms with Crippen molar-refractivity contribution in [2.45, 2.75) is 31.2 Å². The van der Waals surface area contributed by atoms with Crippen molar-refractivity contribution in [1.82, 2.24) is 5.43 Å². The maximum Gasteiger partial charge on any atom is 0.304 e. The number of hydrogen-bond donors (Lipinski definition) is 4. The van der Waals surface area contributed by atoms with E-state index >= 15 is 0 Å². The van der Waals surface area contributed by atoms with Gasteiger partial charge in [-0.1, -0.05) is 11.6 Å². The number of aliphatic carboxylic acids is 1. The number of carboxylic acid groups (broad SMARTS) is 1. The fourth-order valence-electron chi connectivity index (χ4n) is 1.53. The second-order valence-electron chi connectivity index (χ2n) is 4.34. The summed E-state index contributed by atoms with van der Waals surface area (Å²) in [5.74, 6) is -0.948. The molecule has 0 saturated heterocycles. The van der Waals surface area contributed by atoms with Crippen LogP contribution in [0.3, 0.4) is 0 Å². The number of anilines is 1. The fourth-order valence-corrected chi connectivity index (χ4v) is 2.50. The second kappa shape index (κ2) is 6.40. The minimum atomic E-state index is -4.32. The minimum Gasteiger partial charge on any atom is -0.481 e. The molecule has 0 radical (unpaired) electrons. The number of nitrogens with one attached hydrogen (secondary N) is 2. The van der Waals surface area contributed by atoms with Gasteiger partial charge in [-0.3, -0.25) is 9.35 Å². The molecule has 0 heterocycles. The molecule has 0 bridgehead atoms. The van der Waals surface area contributed by atoms with Gasteiger partial charge in [0.25, 0.3) is 10.1 Å². The van der Waals surface area contributed by atoms with Crippen LogP contribution in [0.1, 0.15) is 18.9 Å². The maximum atomic E-state index is 11.0. The zero-order chi connectivity index (χ0) is 15.5. The van der Waals surface area contributed by atoms with Gasteiger partial charge >= 0.3 is 5.97 Å². The molecule has 0 saturated carbocycles. The minimum absolute atomic E-state index is 0.0904. The van der Waals surface area contributed by atoms with E-state index in [1.54, 1.807) is 13.8 Å². The van der Waals surface area contributed by atoms with E-state index in [1.807, 2.05) is 0 Å². The largest absolute Gasteiger partial charge is 0.481 e. The highest BCUT2D eigenvalue weighted by molar-refractivity contribution is 7.85. The van der Waals surface area contributed by atoms with Crippen LogP contribution < -0.4 is 10.9 Å². The maximum absolute atomic E-state index is 11.0. The van der Waals surface area contributed by atoms with Crippen LogP contribution in [0.25, 0.3) is 0 Å². The van der Waals surface area contributed by atoms with Crippen LogP contribution in [-0.2, 0) is 14.9 Å². The van der Waals surface area contributed by atoms with E-state index in [-0.39, 0.29) is 22.4 Å². The van der Waals surface area contributed by atoms with E-state index < -0.39 is 16.1 Å². The van der Waals surface area contributed by atoms with Gasteiger partial charge in [-0.05, 0) is 31.5 Å². The Morgan fingerprint density at radius 3 is 2.50 bits per heavy atom. The molecule has 1 unspecified atom stereocenters. The van der Waals surface area contributed by atoms with Crippen LogP contribution in [0.4, 0.5) is 5.69 Å². The Hall–Kier alpha value is -1.35. The van der Waals surface area contributed by atoms with Gasteiger partial charge in [-0.2, -0.15) is 8.42 Å². The van der Waals surface area contributed by atoms with Crippen molar-refractivity contribution in [3.63, 3.8) is 0 Å². The Labute approximate surface area is 121 Å². The normalized spacial score (nSPS) is 13.0. The van der Waals surface area contributed by atoms with Crippen molar-refractivity contribution < 1.29 is 22.9 Å². The van der Waals surface area contributed by atoms with E-state index in [4.69, 9.17) is 21.3 Å². The average molecular weight is 323 g/mol. The molecule has 1 aromatic carbocycles. The summed E-state index contributed by atoms with van der Waals surface area (Å²) >= 11 is 5.94. The second-order valence-corrected chi connectivity index (χ2v) is 6.17.